The Morgan fingerprint density at radius 1 is 1.08 bits per heavy atom. The highest BCUT2D eigenvalue weighted by atomic mass is 32.2. The molecule has 5 heteroatoms. The van der Waals surface area contributed by atoms with Gasteiger partial charge >= 0.3 is 0 Å². The quantitative estimate of drug-likeness (QED) is 0.770. The van der Waals surface area contributed by atoms with Gasteiger partial charge in [0.1, 0.15) is 5.75 Å². The molecular formula is C19H17NO3S. The molecule has 1 heterocycles. The highest BCUT2D eigenvalue weighted by Gasteiger charge is 2.37. The van der Waals surface area contributed by atoms with Gasteiger partial charge in [-0.1, -0.05) is 24.3 Å². The average molecular weight is 339 g/mol. The molecule has 0 N–H and O–H groups in total. The van der Waals surface area contributed by atoms with Crippen molar-refractivity contribution >= 4 is 34.7 Å². The SMILES string of the molecule is COc1cccc(/C=C2\SC(=O)N(c3cccc(C)c3C)C2=O)c1. The number of thioether (sulfide) groups is 1. The number of aryl methyl sites for hydroxylation is 1. The smallest absolute Gasteiger partial charge is 0.298 e. The number of benzene rings is 2. The van der Waals surface area contributed by atoms with Gasteiger partial charge < -0.3 is 4.74 Å². The van der Waals surface area contributed by atoms with Gasteiger partial charge in [0.15, 0.2) is 0 Å². The zero-order valence-corrected chi connectivity index (χ0v) is 14.5. The standard InChI is InChI=1S/C19H17NO3S/c1-12-6-4-9-16(13(12)2)20-18(21)17(24-19(20)22)11-14-7-5-8-15(10-14)23-3/h4-11H,1-3H3/b17-11-. The Morgan fingerprint density at radius 3 is 2.58 bits per heavy atom. The highest BCUT2D eigenvalue weighted by Crippen LogP contribution is 2.37. The third-order valence-electron chi connectivity index (χ3n) is 4.00. The minimum atomic E-state index is -0.290. The lowest BCUT2D eigenvalue weighted by atomic mass is 10.1. The summed E-state index contributed by atoms with van der Waals surface area (Å²) in [6.07, 6.45) is 1.72. The van der Waals surface area contributed by atoms with Crippen LogP contribution in [0.4, 0.5) is 10.5 Å². The van der Waals surface area contributed by atoms with E-state index >= 15 is 0 Å². The third kappa shape index (κ3) is 2.95. The summed E-state index contributed by atoms with van der Waals surface area (Å²) >= 11 is 0.957. The number of carbonyl (C=O) groups is 2. The molecular weight excluding hydrogens is 322 g/mol. The molecule has 0 bridgehead atoms. The predicted octanol–water partition coefficient (Wildman–Crippen LogP) is 4.55. The van der Waals surface area contributed by atoms with Gasteiger partial charge in [-0.15, -0.1) is 0 Å². The Labute approximate surface area is 145 Å². The molecule has 0 unspecified atom stereocenters. The molecule has 3 rings (SSSR count). The maximum absolute atomic E-state index is 12.7. The number of anilines is 1. The Kier molecular flexibility index (Phi) is 4.44. The number of amides is 2. The first kappa shape index (κ1) is 16.3. The summed E-state index contributed by atoms with van der Waals surface area (Å²) in [5.74, 6) is 0.416. The minimum absolute atomic E-state index is 0.275. The fourth-order valence-electron chi connectivity index (χ4n) is 2.54. The van der Waals surface area contributed by atoms with Crippen LogP contribution < -0.4 is 9.64 Å². The largest absolute Gasteiger partial charge is 0.497 e. The van der Waals surface area contributed by atoms with Crippen molar-refractivity contribution in [2.75, 3.05) is 12.0 Å². The van der Waals surface area contributed by atoms with Crippen LogP contribution in [0.3, 0.4) is 0 Å². The maximum Gasteiger partial charge on any atom is 0.298 e. The molecule has 24 heavy (non-hydrogen) atoms. The van der Waals surface area contributed by atoms with Gasteiger partial charge in [-0.25, -0.2) is 4.90 Å². The van der Waals surface area contributed by atoms with E-state index in [4.69, 9.17) is 4.74 Å². The third-order valence-corrected chi connectivity index (χ3v) is 4.87. The Balaban J connectivity index is 1.97. The van der Waals surface area contributed by atoms with E-state index in [1.807, 2.05) is 50.2 Å². The van der Waals surface area contributed by atoms with Crippen LogP contribution in [0.25, 0.3) is 6.08 Å². The number of ether oxygens (including phenoxy) is 1. The average Bonchev–Trinajstić information content (AvgIpc) is 2.84. The van der Waals surface area contributed by atoms with Crippen molar-refractivity contribution in [1.29, 1.82) is 0 Å². The summed E-state index contributed by atoms with van der Waals surface area (Å²) in [5, 5.41) is -0.275. The summed E-state index contributed by atoms with van der Waals surface area (Å²) in [7, 11) is 1.59. The van der Waals surface area contributed by atoms with Crippen LogP contribution in [-0.4, -0.2) is 18.3 Å². The Bertz CT molecular complexity index is 857. The van der Waals surface area contributed by atoms with Crippen LogP contribution in [0.1, 0.15) is 16.7 Å². The second-order valence-corrected chi connectivity index (χ2v) is 6.51. The molecule has 1 fully saturated rings. The Morgan fingerprint density at radius 2 is 1.83 bits per heavy atom. The van der Waals surface area contributed by atoms with Crippen LogP contribution in [0, 0.1) is 13.8 Å². The van der Waals surface area contributed by atoms with Crippen molar-refractivity contribution in [1.82, 2.24) is 0 Å². The van der Waals surface area contributed by atoms with Gasteiger partial charge in [0, 0.05) is 0 Å². The molecule has 2 aromatic rings. The molecule has 0 aromatic heterocycles. The van der Waals surface area contributed by atoms with E-state index in [9.17, 15) is 9.59 Å². The van der Waals surface area contributed by atoms with Gasteiger partial charge in [-0.3, -0.25) is 9.59 Å². The highest BCUT2D eigenvalue weighted by molar-refractivity contribution is 8.19. The normalized spacial score (nSPS) is 16.1. The first-order chi connectivity index (χ1) is 11.5. The summed E-state index contributed by atoms with van der Waals surface area (Å²) in [6, 6.07) is 13.0. The van der Waals surface area contributed by atoms with Gasteiger partial charge in [0.05, 0.1) is 17.7 Å². The van der Waals surface area contributed by atoms with E-state index in [0.717, 1.165) is 28.5 Å². The lowest BCUT2D eigenvalue weighted by Gasteiger charge is -2.16. The van der Waals surface area contributed by atoms with E-state index in [2.05, 4.69) is 0 Å². The van der Waals surface area contributed by atoms with E-state index < -0.39 is 0 Å². The van der Waals surface area contributed by atoms with Crippen molar-refractivity contribution in [3.63, 3.8) is 0 Å². The molecule has 2 amide bonds. The van der Waals surface area contributed by atoms with Crippen LogP contribution in [0.5, 0.6) is 5.75 Å². The van der Waals surface area contributed by atoms with Crippen LogP contribution in [0.15, 0.2) is 47.4 Å². The number of rotatable bonds is 3. The van der Waals surface area contributed by atoms with Crippen molar-refractivity contribution in [2.24, 2.45) is 0 Å². The summed E-state index contributed by atoms with van der Waals surface area (Å²) < 4.78 is 5.19. The van der Waals surface area contributed by atoms with Crippen LogP contribution >= 0.6 is 11.8 Å². The van der Waals surface area contributed by atoms with Crippen molar-refractivity contribution in [3.05, 3.63) is 64.1 Å². The molecule has 2 aromatic carbocycles. The van der Waals surface area contributed by atoms with Crippen LogP contribution in [-0.2, 0) is 4.79 Å². The van der Waals surface area contributed by atoms with Crippen molar-refractivity contribution in [2.45, 2.75) is 13.8 Å². The first-order valence-electron chi connectivity index (χ1n) is 7.49. The van der Waals surface area contributed by atoms with E-state index in [0.29, 0.717) is 16.3 Å². The zero-order chi connectivity index (χ0) is 17.3. The van der Waals surface area contributed by atoms with Crippen molar-refractivity contribution < 1.29 is 14.3 Å². The minimum Gasteiger partial charge on any atom is -0.497 e. The lowest BCUT2D eigenvalue weighted by molar-refractivity contribution is -0.113. The summed E-state index contributed by atoms with van der Waals surface area (Å²) in [5.41, 5.74) is 3.44. The number of methoxy groups -OCH3 is 1. The van der Waals surface area contributed by atoms with Crippen molar-refractivity contribution in [3.8, 4) is 5.75 Å². The summed E-state index contributed by atoms with van der Waals surface area (Å²) in [4.78, 5) is 26.8. The molecule has 0 radical (unpaired) electrons. The van der Waals surface area contributed by atoms with E-state index in [1.54, 1.807) is 19.3 Å². The zero-order valence-electron chi connectivity index (χ0n) is 13.7. The lowest BCUT2D eigenvalue weighted by Crippen LogP contribution is -2.28. The number of nitrogens with zero attached hydrogens (tertiary/aromatic N) is 1. The maximum atomic E-state index is 12.7. The van der Waals surface area contributed by atoms with E-state index in [-0.39, 0.29) is 11.1 Å². The van der Waals surface area contributed by atoms with Gasteiger partial charge in [-0.2, -0.15) is 0 Å². The second kappa shape index (κ2) is 6.53. The fraction of sp³-hybridized carbons (Fsp3) is 0.158. The molecule has 4 nitrogen and oxygen atoms in total. The van der Waals surface area contributed by atoms with Gasteiger partial charge in [0.25, 0.3) is 11.1 Å². The number of imide groups is 1. The molecule has 122 valence electrons. The topological polar surface area (TPSA) is 46.6 Å². The number of hydrogen-bond donors (Lipinski definition) is 0. The molecule has 1 saturated heterocycles. The molecule has 0 saturated carbocycles. The first-order valence-corrected chi connectivity index (χ1v) is 8.31. The molecule has 0 spiro atoms. The number of hydrogen-bond acceptors (Lipinski definition) is 4. The second-order valence-electron chi connectivity index (χ2n) is 5.51. The molecule has 0 atom stereocenters. The number of carbonyl (C=O) groups excluding carboxylic acids is 2. The monoisotopic (exact) mass is 339 g/mol. The molecule has 1 aliphatic rings. The predicted molar refractivity (Wildman–Crippen MR) is 97.4 cm³/mol. The fourth-order valence-corrected chi connectivity index (χ4v) is 3.37. The van der Waals surface area contributed by atoms with Gasteiger partial charge in [-0.05, 0) is 66.6 Å². The summed E-state index contributed by atoms with van der Waals surface area (Å²) in [6.45, 7) is 3.88. The van der Waals surface area contributed by atoms with E-state index in [1.165, 1.54) is 4.90 Å². The Hall–Kier alpha value is -2.53. The van der Waals surface area contributed by atoms with Crippen LogP contribution in [0.2, 0.25) is 0 Å². The van der Waals surface area contributed by atoms with Gasteiger partial charge in [0.2, 0.25) is 0 Å². The molecule has 0 aliphatic carbocycles. The molecule has 1 aliphatic heterocycles.